The molecule has 0 bridgehead atoms. The number of rotatable bonds is 3. The highest BCUT2D eigenvalue weighted by Crippen LogP contribution is 2.21. The topological polar surface area (TPSA) is 65.1 Å². The summed E-state index contributed by atoms with van der Waals surface area (Å²) in [5.74, 6) is 0. The Labute approximate surface area is 154 Å². The molecule has 0 N–H and O–H groups in total. The Hall–Kier alpha value is -3.80. The Kier molecular flexibility index (Phi) is 3.53. The van der Waals surface area contributed by atoms with Gasteiger partial charge in [-0.2, -0.15) is 0 Å². The second-order valence-electron chi connectivity index (χ2n) is 6.39. The zero-order valence-electron chi connectivity index (χ0n) is 14.4. The van der Waals surface area contributed by atoms with Gasteiger partial charge in [-0.1, -0.05) is 24.3 Å². The van der Waals surface area contributed by atoms with Crippen LogP contribution in [0.5, 0.6) is 0 Å². The second-order valence-corrected chi connectivity index (χ2v) is 6.39. The first-order chi connectivity index (χ1) is 13.3. The Morgan fingerprint density at radius 3 is 2.85 bits per heavy atom. The van der Waals surface area contributed by atoms with Crippen molar-refractivity contribution in [1.29, 1.82) is 0 Å². The van der Waals surface area contributed by atoms with Gasteiger partial charge in [0, 0.05) is 12.4 Å². The number of pyridine rings is 2. The van der Waals surface area contributed by atoms with Crippen molar-refractivity contribution < 1.29 is 0 Å². The molecule has 4 aromatic heterocycles. The molecule has 0 fully saturated rings. The molecule has 0 unspecified atom stereocenters. The van der Waals surface area contributed by atoms with Gasteiger partial charge in [-0.25, -0.2) is 15.0 Å². The largest absolute Gasteiger partial charge is 0.306 e. The summed E-state index contributed by atoms with van der Waals surface area (Å²) in [5, 5.41) is 0. The lowest BCUT2D eigenvalue weighted by atomic mass is 10.0. The van der Waals surface area contributed by atoms with Crippen molar-refractivity contribution in [3.63, 3.8) is 0 Å². The van der Waals surface area contributed by atoms with E-state index in [1.165, 1.54) is 0 Å². The molecule has 0 atom stereocenters. The quantitative estimate of drug-likeness (QED) is 0.500. The maximum absolute atomic E-state index is 12.7. The van der Waals surface area contributed by atoms with Gasteiger partial charge in [0.1, 0.15) is 0 Å². The fraction of sp³-hybridized carbons (Fsp3) is 0.0476. The van der Waals surface area contributed by atoms with Crippen molar-refractivity contribution in [3.8, 4) is 11.1 Å². The standard InChI is InChI=1S/C21H15N5O/c27-21-20-19(5-2-8-23-20)24-14-26(21)11-15-3-1-4-16(9-15)17-6-7-18-10-22-13-25(18)12-17/h1-10,12-14H,11H2. The normalized spacial score (nSPS) is 11.3. The van der Waals surface area contributed by atoms with E-state index in [1.54, 1.807) is 35.6 Å². The van der Waals surface area contributed by atoms with E-state index in [0.29, 0.717) is 17.6 Å². The number of hydrogen-bond acceptors (Lipinski definition) is 4. The molecule has 5 aromatic rings. The SMILES string of the molecule is O=c1c2ncccc2ncn1Cc1cccc(-c2ccc3cncn3c2)c1. The molecule has 0 aliphatic heterocycles. The lowest BCUT2D eigenvalue weighted by molar-refractivity contribution is 0.746. The van der Waals surface area contributed by atoms with Crippen LogP contribution >= 0.6 is 0 Å². The van der Waals surface area contributed by atoms with Crippen molar-refractivity contribution in [2.75, 3.05) is 0 Å². The Morgan fingerprint density at radius 2 is 1.89 bits per heavy atom. The Balaban J connectivity index is 1.52. The highest BCUT2D eigenvalue weighted by Gasteiger charge is 2.07. The van der Waals surface area contributed by atoms with E-state index in [1.807, 2.05) is 28.8 Å². The van der Waals surface area contributed by atoms with Crippen molar-refractivity contribution >= 4 is 16.6 Å². The monoisotopic (exact) mass is 353 g/mol. The molecule has 5 rings (SSSR count). The van der Waals surface area contributed by atoms with Crippen LogP contribution in [0, 0.1) is 0 Å². The predicted molar refractivity (Wildman–Crippen MR) is 104 cm³/mol. The van der Waals surface area contributed by atoms with Gasteiger partial charge in [0.25, 0.3) is 5.56 Å². The lowest BCUT2D eigenvalue weighted by Crippen LogP contribution is -2.21. The third-order valence-electron chi connectivity index (χ3n) is 4.61. The Bertz CT molecular complexity index is 1340. The van der Waals surface area contributed by atoms with Crippen LogP contribution in [0.2, 0.25) is 0 Å². The van der Waals surface area contributed by atoms with Crippen LogP contribution in [-0.2, 0) is 6.54 Å². The third kappa shape index (κ3) is 2.77. The van der Waals surface area contributed by atoms with Crippen molar-refractivity contribution in [1.82, 2.24) is 23.9 Å². The van der Waals surface area contributed by atoms with Gasteiger partial charge in [0.15, 0.2) is 5.52 Å². The summed E-state index contributed by atoms with van der Waals surface area (Å²) >= 11 is 0. The van der Waals surface area contributed by atoms with E-state index < -0.39 is 0 Å². The molecule has 0 saturated heterocycles. The highest BCUT2D eigenvalue weighted by molar-refractivity contribution is 5.72. The average molecular weight is 353 g/mol. The maximum Gasteiger partial charge on any atom is 0.280 e. The van der Waals surface area contributed by atoms with Crippen molar-refractivity contribution in [2.45, 2.75) is 6.54 Å². The van der Waals surface area contributed by atoms with Crippen molar-refractivity contribution in [3.05, 3.63) is 95.7 Å². The van der Waals surface area contributed by atoms with E-state index >= 15 is 0 Å². The van der Waals surface area contributed by atoms with Gasteiger partial charge in [0.2, 0.25) is 0 Å². The molecule has 0 aliphatic carbocycles. The van der Waals surface area contributed by atoms with Crippen LogP contribution in [0.3, 0.4) is 0 Å². The molecule has 6 heteroatoms. The summed E-state index contributed by atoms with van der Waals surface area (Å²) in [6.07, 6.45) is 8.86. The summed E-state index contributed by atoms with van der Waals surface area (Å²) in [7, 11) is 0. The minimum Gasteiger partial charge on any atom is -0.306 e. The molecule has 27 heavy (non-hydrogen) atoms. The minimum absolute atomic E-state index is 0.133. The molecule has 0 aliphatic rings. The summed E-state index contributed by atoms with van der Waals surface area (Å²) in [4.78, 5) is 25.3. The fourth-order valence-corrected chi connectivity index (χ4v) is 3.24. The molecule has 130 valence electrons. The van der Waals surface area contributed by atoms with Gasteiger partial charge in [-0.05, 0) is 41.0 Å². The van der Waals surface area contributed by atoms with Crippen LogP contribution in [0.4, 0.5) is 0 Å². The molecule has 0 amide bonds. The Morgan fingerprint density at radius 1 is 0.926 bits per heavy atom. The van der Waals surface area contributed by atoms with Crippen LogP contribution in [0.15, 0.2) is 84.6 Å². The number of hydrogen-bond donors (Lipinski definition) is 0. The third-order valence-corrected chi connectivity index (χ3v) is 4.61. The highest BCUT2D eigenvalue weighted by atomic mass is 16.1. The number of nitrogens with zero attached hydrogens (tertiary/aromatic N) is 5. The molecule has 0 spiro atoms. The summed E-state index contributed by atoms with van der Waals surface area (Å²) in [6.45, 7) is 0.444. The smallest absolute Gasteiger partial charge is 0.280 e. The van der Waals surface area contributed by atoms with E-state index in [9.17, 15) is 4.79 Å². The van der Waals surface area contributed by atoms with Crippen LogP contribution in [0.25, 0.3) is 27.7 Å². The molecule has 1 aromatic carbocycles. The first-order valence-electron chi connectivity index (χ1n) is 8.59. The average Bonchev–Trinajstić information content (AvgIpc) is 3.18. The van der Waals surface area contributed by atoms with Gasteiger partial charge < -0.3 is 4.40 Å². The van der Waals surface area contributed by atoms with Gasteiger partial charge in [-0.3, -0.25) is 9.36 Å². The minimum atomic E-state index is -0.133. The number of aromatic nitrogens is 5. The van der Waals surface area contributed by atoms with Crippen LogP contribution in [-0.4, -0.2) is 23.9 Å². The van der Waals surface area contributed by atoms with Crippen LogP contribution < -0.4 is 5.56 Å². The van der Waals surface area contributed by atoms with E-state index in [-0.39, 0.29) is 5.56 Å². The predicted octanol–water partition coefficient (Wildman–Crippen LogP) is 3.15. The van der Waals surface area contributed by atoms with Crippen LogP contribution in [0.1, 0.15) is 5.56 Å². The van der Waals surface area contributed by atoms with E-state index in [0.717, 1.165) is 22.2 Å². The van der Waals surface area contributed by atoms with E-state index in [4.69, 9.17) is 0 Å². The van der Waals surface area contributed by atoms with Gasteiger partial charge >= 0.3 is 0 Å². The number of imidazole rings is 1. The zero-order valence-corrected chi connectivity index (χ0v) is 14.4. The molecular formula is C21H15N5O. The van der Waals surface area contributed by atoms with E-state index in [2.05, 4.69) is 39.3 Å². The van der Waals surface area contributed by atoms with Gasteiger partial charge in [-0.15, -0.1) is 0 Å². The first-order valence-corrected chi connectivity index (χ1v) is 8.59. The second kappa shape index (κ2) is 6.17. The molecule has 0 saturated carbocycles. The lowest BCUT2D eigenvalue weighted by Gasteiger charge is -2.09. The summed E-state index contributed by atoms with van der Waals surface area (Å²) in [6, 6.07) is 15.8. The summed E-state index contributed by atoms with van der Waals surface area (Å²) in [5.41, 5.74) is 5.12. The molecule has 0 radical (unpaired) electrons. The molecule has 6 nitrogen and oxygen atoms in total. The number of benzene rings is 1. The number of fused-ring (bicyclic) bond motifs is 2. The molecular weight excluding hydrogens is 338 g/mol. The molecule has 4 heterocycles. The first kappa shape index (κ1) is 15.5. The zero-order chi connectivity index (χ0) is 18.2. The summed E-state index contributed by atoms with van der Waals surface area (Å²) < 4.78 is 3.58. The van der Waals surface area contributed by atoms with Crippen molar-refractivity contribution in [2.24, 2.45) is 0 Å². The van der Waals surface area contributed by atoms with Gasteiger partial charge in [0.05, 0.1) is 36.4 Å². The maximum atomic E-state index is 12.7. The fourth-order valence-electron chi connectivity index (χ4n) is 3.24.